The summed E-state index contributed by atoms with van der Waals surface area (Å²) in [6.45, 7) is 2.16. The first-order valence-electron chi connectivity index (χ1n) is 9.51. The molecule has 0 spiro atoms. The van der Waals surface area contributed by atoms with Crippen molar-refractivity contribution >= 4 is 11.3 Å². The average molecular weight is 415 g/mol. The number of ether oxygens (including phenoxy) is 1. The van der Waals surface area contributed by atoms with Crippen LogP contribution in [0.5, 0.6) is 0 Å². The van der Waals surface area contributed by atoms with Crippen LogP contribution in [0.1, 0.15) is 33.2 Å². The monoisotopic (exact) mass is 414 g/mol. The van der Waals surface area contributed by atoms with Crippen LogP contribution in [-0.2, 0) is 11.3 Å². The summed E-state index contributed by atoms with van der Waals surface area (Å²) in [5, 5.41) is 9.64. The number of rotatable bonds is 6. The van der Waals surface area contributed by atoms with Gasteiger partial charge in [-0.2, -0.15) is 5.26 Å². The molecule has 4 aromatic rings. The van der Waals surface area contributed by atoms with Crippen LogP contribution in [-0.4, -0.2) is 4.98 Å². The van der Waals surface area contributed by atoms with Crippen LogP contribution in [0.25, 0.3) is 11.1 Å². The fourth-order valence-electron chi connectivity index (χ4n) is 3.41. The van der Waals surface area contributed by atoms with Crippen LogP contribution in [0.4, 0.5) is 4.39 Å². The van der Waals surface area contributed by atoms with Crippen molar-refractivity contribution in [2.24, 2.45) is 0 Å². The molecule has 1 unspecified atom stereocenters. The summed E-state index contributed by atoms with van der Waals surface area (Å²) >= 11 is 1.49. The minimum Gasteiger partial charge on any atom is -0.363 e. The molecule has 0 N–H and O–H groups in total. The predicted molar refractivity (Wildman–Crippen MR) is 116 cm³/mol. The van der Waals surface area contributed by atoms with Gasteiger partial charge in [-0.05, 0) is 41.8 Å². The number of nitrogens with zero attached hydrogens (tertiary/aromatic N) is 2. The quantitative estimate of drug-likeness (QED) is 0.365. The Bertz CT molecular complexity index is 1200. The third-order valence-electron chi connectivity index (χ3n) is 4.98. The van der Waals surface area contributed by atoms with E-state index in [1.54, 1.807) is 29.9 Å². The van der Waals surface area contributed by atoms with E-state index in [4.69, 9.17) is 4.74 Å². The Morgan fingerprint density at radius 2 is 1.87 bits per heavy atom. The van der Waals surface area contributed by atoms with E-state index in [9.17, 15) is 9.65 Å². The predicted octanol–water partition coefficient (Wildman–Crippen LogP) is 6.44. The van der Waals surface area contributed by atoms with Gasteiger partial charge >= 0.3 is 0 Å². The molecule has 1 heterocycles. The maximum atomic E-state index is 14.1. The van der Waals surface area contributed by atoms with Gasteiger partial charge in [-0.3, -0.25) is 4.98 Å². The van der Waals surface area contributed by atoms with E-state index in [1.807, 2.05) is 49.4 Å². The highest BCUT2D eigenvalue weighted by molar-refractivity contribution is 7.09. The van der Waals surface area contributed by atoms with Crippen molar-refractivity contribution in [3.05, 3.63) is 111 Å². The van der Waals surface area contributed by atoms with Gasteiger partial charge in [-0.25, -0.2) is 4.39 Å². The van der Waals surface area contributed by atoms with Crippen molar-refractivity contribution < 1.29 is 9.13 Å². The molecule has 5 heteroatoms. The summed E-state index contributed by atoms with van der Waals surface area (Å²) in [6, 6.07) is 22.6. The molecule has 3 nitrogen and oxygen atoms in total. The van der Waals surface area contributed by atoms with Gasteiger partial charge in [0.25, 0.3) is 0 Å². The SMILES string of the molecule is Cc1ccccc1-c1cc(C(OCc2ccccc2F)c2cncs2)ccc1C#N. The molecule has 30 heavy (non-hydrogen) atoms. The molecule has 0 amide bonds. The summed E-state index contributed by atoms with van der Waals surface area (Å²) in [6.07, 6.45) is 1.36. The largest absolute Gasteiger partial charge is 0.363 e. The van der Waals surface area contributed by atoms with Crippen molar-refractivity contribution in [1.82, 2.24) is 4.98 Å². The van der Waals surface area contributed by atoms with Crippen LogP contribution in [0.15, 0.2) is 78.4 Å². The molecule has 0 aliphatic carbocycles. The first-order chi connectivity index (χ1) is 14.7. The first-order valence-corrected chi connectivity index (χ1v) is 10.4. The Morgan fingerprint density at radius 3 is 2.60 bits per heavy atom. The maximum Gasteiger partial charge on any atom is 0.128 e. The number of nitriles is 1. The zero-order valence-electron chi connectivity index (χ0n) is 16.4. The molecule has 148 valence electrons. The minimum atomic E-state index is -0.410. The molecular formula is C25H19FN2OS. The van der Waals surface area contributed by atoms with E-state index in [0.717, 1.165) is 27.1 Å². The molecule has 0 bridgehead atoms. The van der Waals surface area contributed by atoms with Gasteiger partial charge in [0.15, 0.2) is 0 Å². The number of benzene rings is 3. The standard InChI is InChI=1S/C25H19FN2OS/c1-17-6-2-4-8-21(17)22-12-18(10-11-19(22)13-27)25(24-14-28-16-30-24)29-15-20-7-3-5-9-23(20)26/h2-12,14,16,25H,15H2,1H3. The van der Waals surface area contributed by atoms with Crippen molar-refractivity contribution in [2.45, 2.75) is 19.6 Å². The summed E-state index contributed by atoms with van der Waals surface area (Å²) in [5.41, 5.74) is 6.71. The van der Waals surface area contributed by atoms with Gasteiger partial charge in [0.1, 0.15) is 11.9 Å². The summed E-state index contributed by atoms with van der Waals surface area (Å²) in [4.78, 5) is 5.10. The highest BCUT2D eigenvalue weighted by atomic mass is 32.1. The van der Waals surface area contributed by atoms with Gasteiger partial charge in [0, 0.05) is 17.3 Å². The molecule has 3 aromatic carbocycles. The molecule has 1 aromatic heterocycles. The zero-order valence-corrected chi connectivity index (χ0v) is 17.2. The molecule has 4 rings (SSSR count). The van der Waals surface area contributed by atoms with Crippen LogP contribution in [0.2, 0.25) is 0 Å². The van der Waals surface area contributed by atoms with Gasteiger partial charge in [0.05, 0.1) is 28.6 Å². The number of halogens is 1. The summed E-state index contributed by atoms with van der Waals surface area (Å²) in [7, 11) is 0. The molecule has 0 aliphatic heterocycles. The van der Waals surface area contributed by atoms with E-state index >= 15 is 0 Å². The van der Waals surface area contributed by atoms with Crippen molar-refractivity contribution in [3.63, 3.8) is 0 Å². The summed E-state index contributed by atoms with van der Waals surface area (Å²) in [5.74, 6) is -0.291. The number of hydrogen-bond donors (Lipinski definition) is 0. The maximum absolute atomic E-state index is 14.1. The molecule has 0 fully saturated rings. The number of aromatic nitrogens is 1. The average Bonchev–Trinajstić information content (AvgIpc) is 3.30. The minimum absolute atomic E-state index is 0.134. The molecular weight excluding hydrogens is 395 g/mol. The molecule has 1 atom stereocenters. The van der Waals surface area contributed by atoms with Gasteiger partial charge < -0.3 is 4.74 Å². The van der Waals surface area contributed by atoms with E-state index < -0.39 is 6.10 Å². The summed E-state index contributed by atoms with van der Waals surface area (Å²) < 4.78 is 20.3. The molecule has 0 aliphatic rings. The lowest BCUT2D eigenvalue weighted by molar-refractivity contribution is 0.0670. The second kappa shape index (κ2) is 9.00. The Balaban J connectivity index is 1.74. The molecule has 0 saturated carbocycles. The second-order valence-electron chi connectivity index (χ2n) is 6.92. The van der Waals surface area contributed by atoms with Gasteiger partial charge in [-0.1, -0.05) is 48.5 Å². The fraction of sp³-hybridized carbons (Fsp3) is 0.120. The lowest BCUT2D eigenvalue weighted by atomic mass is 9.93. The van der Waals surface area contributed by atoms with Crippen molar-refractivity contribution in [3.8, 4) is 17.2 Å². The molecule has 0 saturated heterocycles. The van der Waals surface area contributed by atoms with E-state index in [2.05, 4.69) is 11.1 Å². The van der Waals surface area contributed by atoms with Crippen molar-refractivity contribution in [2.75, 3.05) is 0 Å². The lowest BCUT2D eigenvalue weighted by Crippen LogP contribution is -2.07. The van der Waals surface area contributed by atoms with Crippen molar-refractivity contribution in [1.29, 1.82) is 5.26 Å². The topological polar surface area (TPSA) is 45.9 Å². The normalized spacial score (nSPS) is 11.8. The highest BCUT2D eigenvalue weighted by Gasteiger charge is 2.20. The second-order valence-corrected chi connectivity index (χ2v) is 7.84. The van der Waals surface area contributed by atoms with E-state index in [0.29, 0.717) is 11.1 Å². The zero-order chi connectivity index (χ0) is 20.9. The smallest absolute Gasteiger partial charge is 0.128 e. The number of aryl methyl sites for hydroxylation is 1. The van der Waals surface area contributed by atoms with Crippen LogP contribution in [0, 0.1) is 24.1 Å². The Morgan fingerprint density at radius 1 is 1.07 bits per heavy atom. The third-order valence-corrected chi connectivity index (χ3v) is 5.79. The van der Waals surface area contributed by atoms with Gasteiger partial charge in [0.2, 0.25) is 0 Å². The third kappa shape index (κ3) is 4.16. The number of thiazole rings is 1. The van der Waals surface area contributed by atoms with Gasteiger partial charge in [-0.15, -0.1) is 11.3 Å². The first kappa shape index (κ1) is 20.0. The van der Waals surface area contributed by atoms with Crippen LogP contribution < -0.4 is 0 Å². The van der Waals surface area contributed by atoms with E-state index in [-0.39, 0.29) is 12.4 Å². The highest BCUT2D eigenvalue weighted by Crippen LogP contribution is 2.35. The Labute approximate surface area is 179 Å². The Hall–Kier alpha value is -3.33. The fourth-order valence-corrected chi connectivity index (χ4v) is 4.10. The van der Waals surface area contributed by atoms with E-state index in [1.165, 1.54) is 17.4 Å². The van der Waals surface area contributed by atoms with Crippen LogP contribution >= 0.6 is 11.3 Å². The molecule has 0 radical (unpaired) electrons. The Kier molecular flexibility index (Phi) is 5.99. The lowest BCUT2D eigenvalue weighted by Gasteiger charge is -2.19. The number of hydrogen-bond acceptors (Lipinski definition) is 4. The van der Waals surface area contributed by atoms with Crippen LogP contribution in [0.3, 0.4) is 0 Å².